The van der Waals surface area contributed by atoms with Crippen molar-refractivity contribution in [3.05, 3.63) is 29.5 Å². The van der Waals surface area contributed by atoms with Gasteiger partial charge in [-0.25, -0.2) is 4.98 Å². The second kappa shape index (κ2) is 5.55. The van der Waals surface area contributed by atoms with Crippen LogP contribution in [0.25, 0.3) is 5.57 Å². The minimum absolute atomic E-state index is 0.0962. The maximum Gasteiger partial charge on any atom is 0.421 e. The van der Waals surface area contributed by atoms with Crippen molar-refractivity contribution < 1.29 is 22.6 Å². The van der Waals surface area contributed by atoms with Gasteiger partial charge in [0.15, 0.2) is 0 Å². The van der Waals surface area contributed by atoms with Crippen LogP contribution >= 0.6 is 0 Å². The summed E-state index contributed by atoms with van der Waals surface area (Å²) < 4.78 is 49.6. The first-order valence-electron chi connectivity index (χ1n) is 7.02. The fraction of sp³-hybridized carbons (Fsp3) is 0.533. The first-order valence-corrected chi connectivity index (χ1v) is 7.02. The van der Waals surface area contributed by atoms with Gasteiger partial charge in [0.05, 0.1) is 26.4 Å². The molecule has 7 heteroatoms. The van der Waals surface area contributed by atoms with Gasteiger partial charge in [-0.2, -0.15) is 13.2 Å². The highest BCUT2D eigenvalue weighted by Crippen LogP contribution is 2.38. The van der Waals surface area contributed by atoms with Gasteiger partial charge in [-0.15, -0.1) is 0 Å². The maximum absolute atomic E-state index is 13.1. The Labute approximate surface area is 126 Å². The number of hydrogen-bond donors (Lipinski definition) is 0. The van der Waals surface area contributed by atoms with Crippen LogP contribution in [-0.2, 0) is 10.9 Å². The number of ether oxygens (including phenoxy) is 2. The number of likely N-dealkylation sites (N-methyl/N-ethyl adjacent to an activating group) is 1. The Morgan fingerprint density at radius 1 is 1.36 bits per heavy atom. The largest absolute Gasteiger partial charge is 0.481 e. The highest BCUT2D eigenvalue weighted by molar-refractivity contribution is 5.68. The van der Waals surface area contributed by atoms with Crippen molar-refractivity contribution in [2.24, 2.45) is 0 Å². The van der Waals surface area contributed by atoms with Gasteiger partial charge >= 0.3 is 6.18 Å². The number of morpholine rings is 1. The Bertz CT molecular complexity index is 601. The van der Waals surface area contributed by atoms with E-state index in [-0.39, 0.29) is 12.1 Å². The molecule has 1 aromatic heterocycles. The number of pyridine rings is 1. The summed E-state index contributed by atoms with van der Waals surface area (Å²) in [6.07, 6.45) is -0.418. The quantitative estimate of drug-likeness (QED) is 0.840. The summed E-state index contributed by atoms with van der Waals surface area (Å²) >= 11 is 0. The molecule has 120 valence electrons. The van der Waals surface area contributed by atoms with E-state index in [0.717, 1.165) is 11.6 Å². The average Bonchev–Trinajstić information content (AvgIpc) is 2.45. The number of alkyl halides is 3. The molecule has 0 saturated carbocycles. The Kier molecular flexibility index (Phi) is 3.86. The number of halogens is 3. The van der Waals surface area contributed by atoms with Gasteiger partial charge in [-0.05, 0) is 30.7 Å². The van der Waals surface area contributed by atoms with Crippen LogP contribution in [0.4, 0.5) is 13.2 Å². The molecule has 3 rings (SSSR count). The van der Waals surface area contributed by atoms with E-state index >= 15 is 0 Å². The van der Waals surface area contributed by atoms with E-state index in [4.69, 9.17) is 9.47 Å². The van der Waals surface area contributed by atoms with Crippen LogP contribution in [0.2, 0.25) is 0 Å². The van der Waals surface area contributed by atoms with E-state index in [1.165, 1.54) is 13.3 Å². The predicted octanol–water partition coefficient (Wildman–Crippen LogP) is 2.60. The Hall–Kier alpha value is -1.60. The van der Waals surface area contributed by atoms with E-state index in [1.54, 1.807) is 0 Å². The molecule has 0 N–H and O–H groups in total. The van der Waals surface area contributed by atoms with Gasteiger partial charge < -0.3 is 9.47 Å². The van der Waals surface area contributed by atoms with Crippen molar-refractivity contribution >= 4 is 5.57 Å². The number of hydrogen-bond acceptors (Lipinski definition) is 4. The molecule has 2 aliphatic heterocycles. The summed E-state index contributed by atoms with van der Waals surface area (Å²) in [6, 6.07) is 1.41. The molecule has 2 bridgehead atoms. The molecule has 2 atom stereocenters. The summed E-state index contributed by atoms with van der Waals surface area (Å²) in [4.78, 5) is 6.03. The van der Waals surface area contributed by atoms with Crippen LogP contribution < -0.4 is 4.74 Å². The van der Waals surface area contributed by atoms with Gasteiger partial charge in [0.2, 0.25) is 5.88 Å². The minimum atomic E-state index is -4.49. The molecule has 0 radical (unpaired) electrons. The van der Waals surface area contributed by atoms with Crippen molar-refractivity contribution in [3.63, 3.8) is 0 Å². The lowest BCUT2D eigenvalue weighted by Crippen LogP contribution is -2.51. The van der Waals surface area contributed by atoms with Gasteiger partial charge in [0.25, 0.3) is 0 Å². The van der Waals surface area contributed by atoms with Crippen LogP contribution in [0.15, 0.2) is 18.3 Å². The summed E-state index contributed by atoms with van der Waals surface area (Å²) in [5.41, 5.74) is 0.545. The van der Waals surface area contributed by atoms with Crippen molar-refractivity contribution in [1.82, 2.24) is 9.88 Å². The fourth-order valence-electron chi connectivity index (χ4n) is 2.96. The lowest BCUT2D eigenvalue weighted by molar-refractivity contribution is -0.139. The van der Waals surface area contributed by atoms with Gasteiger partial charge in [0, 0.05) is 12.2 Å². The third-order valence-corrected chi connectivity index (χ3v) is 4.27. The van der Waals surface area contributed by atoms with Gasteiger partial charge in [-0.3, -0.25) is 4.90 Å². The molecule has 1 fully saturated rings. The lowest BCUT2D eigenvalue weighted by Gasteiger charge is -2.42. The predicted molar refractivity (Wildman–Crippen MR) is 74.5 cm³/mol. The molecule has 0 aliphatic carbocycles. The molecule has 0 amide bonds. The monoisotopic (exact) mass is 314 g/mol. The maximum atomic E-state index is 13.1. The molecule has 1 saturated heterocycles. The summed E-state index contributed by atoms with van der Waals surface area (Å²) in [6.45, 7) is 1.16. The van der Waals surface area contributed by atoms with E-state index in [9.17, 15) is 13.2 Å². The third kappa shape index (κ3) is 2.70. The third-order valence-electron chi connectivity index (χ3n) is 4.27. The lowest BCUT2D eigenvalue weighted by atomic mass is 9.90. The van der Waals surface area contributed by atoms with E-state index in [2.05, 4.69) is 9.88 Å². The number of nitrogens with zero attached hydrogens (tertiary/aromatic N) is 2. The van der Waals surface area contributed by atoms with Crippen molar-refractivity contribution in [2.75, 3.05) is 27.4 Å². The zero-order chi connectivity index (χ0) is 15.9. The first-order chi connectivity index (χ1) is 10.4. The summed E-state index contributed by atoms with van der Waals surface area (Å²) in [5, 5.41) is 0. The van der Waals surface area contributed by atoms with Crippen LogP contribution in [0.3, 0.4) is 0 Å². The molecule has 4 nitrogen and oxygen atoms in total. The zero-order valence-corrected chi connectivity index (χ0v) is 12.4. The van der Waals surface area contributed by atoms with Crippen molar-refractivity contribution in [3.8, 4) is 5.88 Å². The topological polar surface area (TPSA) is 34.6 Å². The summed E-state index contributed by atoms with van der Waals surface area (Å²) in [5.74, 6) is -0.395. The molecule has 22 heavy (non-hydrogen) atoms. The van der Waals surface area contributed by atoms with Crippen LogP contribution in [-0.4, -0.2) is 49.3 Å². The Balaban J connectivity index is 1.99. The molecule has 2 aliphatic rings. The van der Waals surface area contributed by atoms with Crippen molar-refractivity contribution in [2.45, 2.75) is 24.7 Å². The highest BCUT2D eigenvalue weighted by atomic mass is 19.4. The van der Waals surface area contributed by atoms with E-state index < -0.39 is 17.6 Å². The summed E-state index contributed by atoms with van der Waals surface area (Å²) in [7, 11) is 3.20. The molecule has 2 unspecified atom stereocenters. The van der Waals surface area contributed by atoms with Crippen molar-refractivity contribution in [1.29, 1.82) is 0 Å². The minimum Gasteiger partial charge on any atom is -0.481 e. The standard InChI is InChI=1S/C15H17F3N2O2/c1-20-11-3-9(4-12(20)8-22-7-11)10-5-13(15(16,17)18)14(21-2)19-6-10/h3,5-6,11-12H,4,7-8H2,1-2H3. The Morgan fingerprint density at radius 2 is 2.14 bits per heavy atom. The molecule has 0 spiro atoms. The highest BCUT2D eigenvalue weighted by Gasteiger charge is 2.37. The second-order valence-corrected chi connectivity index (χ2v) is 5.60. The molecular weight excluding hydrogens is 297 g/mol. The molecular formula is C15H17F3N2O2. The van der Waals surface area contributed by atoms with Gasteiger partial charge in [0.1, 0.15) is 5.56 Å². The van der Waals surface area contributed by atoms with E-state index in [0.29, 0.717) is 25.2 Å². The number of aromatic nitrogens is 1. The number of fused-ring (bicyclic) bond motifs is 2. The van der Waals surface area contributed by atoms with Gasteiger partial charge in [-0.1, -0.05) is 6.08 Å². The molecule has 1 aromatic rings. The SMILES string of the molecule is COc1ncc(C2=CC3COCC(C2)N3C)cc1C(F)(F)F. The van der Waals surface area contributed by atoms with Crippen LogP contribution in [0.1, 0.15) is 17.5 Å². The zero-order valence-electron chi connectivity index (χ0n) is 12.4. The second-order valence-electron chi connectivity index (χ2n) is 5.60. The van der Waals surface area contributed by atoms with E-state index in [1.807, 2.05) is 13.1 Å². The Morgan fingerprint density at radius 3 is 2.77 bits per heavy atom. The number of methoxy groups -OCH3 is 1. The van der Waals surface area contributed by atoms with Crippen LogP contribution in [0.5, 0.6) is 5.88 Å². The molecule has 3 heterocycles. The first kappa shape index (κ1) is 15.3. The average molecular weight is 314 g/mol. The number of rotatable bonds is 2. The van der Waals surface area contributed by atoms with Crippen LogP contribution in [0, 0.1) is 0 Å². The fourth-order valence-corrected chi connectivity index (χ4v) is 2.96. The molecule has 0 aromatic carbocycles. The normalized spacial score (nSPS) is 25.8. The smallest absolute Gasteiger partial charge is 0.421 e.